The Labute approximate surface area is 158 Å². The number of H-pyrrole nitrogens is 1. The monoisotopic (exact) mass is 395 g/mol. The second kappa shape index (κ2) is 5.70. The van der Waals surface area contributed by atoms with Crippen LogP contribution in [0.5, 0.6) is 0 Å². The molecule has 2 N–H and O–H groups in total. The summed E-state index contributed by atoms with van der Waals surface area (Å²) >= 11 is 0. The number of anilines is 2. The number of hydrogen-bond acceptors (Lipinski definition) is 5. The average molecular weight is 395 g/mol. The van der Waals surface area contributed by atoms with Crippen molar-refractivity contribution in [2.75, 3.05) is 16.2 Å². The molecule has 5 rings (SSSR count). The van der Waals surface area contributed by atoms with Crippen LogP contribution in [0.15, 0.2) is 68.7 Å². The molecule has 1 aliphatic rings. The van der Waals surface area contributed by atoms with E-state index in [-0.39, 0.29) is 11.4 Å². The highest BCUT2D eigenvalue weighted by Crippen LogP contribution is 2.41. The van der Waals surface area contributed by atoms with E-state index in [1.54, 1.807) is 42.5 Å². The normalized spacial score (nSPS) is 14.6. The Bertz CT molecular complexity index is 1430. The Morgan fingerprint density at radius 2 is 1.89 bits per heavy atom. The number of amides is 1. The quantitative estimate of drug-likeness (QED) is 0.553. The number of nitrogens with zero attached hydrogens (tertiary/aromatic N) is 1. The van der Waals surface area contributed by atoms with Crippen molar-refractivity contribution in [3.63, 3.8) is 0 Å². The lowest BCUT2D eigenvalue weighted by molar-refractivity contribution is -0.114. The number of hydrogen-bond donors (Lipinski definition) is 2. The van der Waals surface area contributed by atoms with Gasteiger partial charge in [-0.15, -0.1) is 0 Å². The summed E-state index contributed by atoms with van der Waals surface area (Å²) in [5.74, 6) is -1.09. The molecule has 0 bridgehead atoms. The number of nitrogens with one attached hydrogen (secondary N) is 2. The molecule has 1 aliphatic heterocycles. The Morgan fingerprint density at radius 1 is 1.11 bits per heavy atom. The average Bonchev–Trinajstić information content (AvgIpc) is 3.13. The van der Waals surface area contributed by atoms with E-state index in [9.17, 15) is 18.0 Å². The fourth-order valence-electron chi connectivity index (χ4n) is 3.49. The number of aromatic amines is 1. The molecule has 0 radical (unpaired) electrons. The summed E-state index contributed by atoms with van der Waals surface area (Å²) in [5.41, 5.74) is 1.71. The van der Waals surface area contributed by atoms with Gasteiger partial charge >= 0.3 is 5.76 Å². The maximum absolute atomic E-state index is 12.9. The third kappa shape index (κ3) is 2.40. The van der Waals surface area contributed by atoms with Gasteiger partial charge in [-0.05, 0) is 35.7 Å². The third-order valence-corrected chi connectivity index (χ3v) is 6.47. The molecule has 3 aromatic carbocycles. The van der Waals surface area contributed by atoms with Crippen molar-refractivity contribution >= 4 is 49.2 Å². The summed E-state index contributed by atoms with van der Waals surface area (Å²) in [7, 11) is -3.81. The van der Waals surface area contributed by atoms with Gasteiger partial charge in [0, 0.05) is 11.1 Å². The maximum Gasteiger partial charge on any atom is 0.417 e. The zero-order valence-corrected chi connectivity index (χ0v) is 15.1. The van der Waals surface area contributed by atoms with Crippen LogP contribution in [0.25, 0.3) is 21.9 Å². The fourth-order valence-corrected chi connectivity index (χ4v) is 5.16. The molecule has 0 saturated heterocycles. The first kappa shape index (κ1) is 16.6. The molecule has 1 aromatic heterocycles. The molecule has 28 heavy (non-hydrogen) atoms. The minimum atomic E-state index is -3.81. The lowest BCUT2D eigenvalue weighted by atomic mass is 10.1. The summed E-state index contributed by atoms with van der Waals surface area (Å²) in [6, 6.07) is 15.0. The van der Waals surface area contributed by atoms with E-state index in [2.05, 4.69) is 10.3 Å². The van der Waals surface area contributed by atoms with Gasteiger partial charge in [-0.1, -0.05) is 24.3 Å². The lowest BCUT2D eigenvalue weighted by Gasteiger charge is -2.18. The predicted octanol–water partition coefficient (Wildman–Crippen LogP) is 2.42. The molecule has 0 atom stereocenters. The van der Waals surface area contributed by atoms with Crippen LogP contribution in [0.1, 0.15) is 0 Å². The minimum absolute atomic E-state index is 0.200. The summed E-state index contributed by atoms with van der Waals surface area (Å²) in [6.45, 7) is -0.365. The van der Waals surface area contributed by atoms with Crippen LogP contribution in [0.2, 0.25) is 0 Å². The first-order valence-corrected chi connectivity index (χ1v) is 9.85. The molecule has 140 valence electrons. The topological polar surface area (TPSA) is 112 Å². The highest BCUT2D eigenvalue weighted by atomic mass is 32.2. The highest BCUT2D eigenvalue weighted by Gasteiger charge is 2.36. The Morgan fingerprint density at radius 3 is 2.71 bits per heavy atom. The summed E-state index contributed by atoms with van der Waals surface area (Å²) in [4.78, 5) is 26.5. The molecule has 9 heteroatoms. The lowest BCUT2D eigenvalue weighted by Crippen LogP contribution is -2.35. The number of rotatable bonds is 3. The van der Waals surface area contributed by atoms with Gasteiger partial charge in [-0.3, -0.25) is 14.1 Å². The molecular weight excluding hydrogens is 382 g/mol. The molecule has 8 nitrogen and oxygen atoms in total. The van der Waals surface area contributed by atoms with Crippen molar-refractivity contribution in [2.24, 2.45) is 0 Å². The van der Waals surface area contributed by atoms with Gasteiger partial charge in [0.2, 0.25) is 5.91 Å². The molecule has 0 saturated carbocycles. The maximum atomic E-state index is 12.9. The standard InChI is InChI=1S/C19H13N3O5S/c23-17(20-12-7-8-15-13(9-12)21-19(24)27-15)10-22-14-5-1-3-11-4-2-6-16(18(11)14)28(22,25)26/h1-9H,10H2,(H,20,23)(H,21,24). The molecule has 4 aromatic rings. The number of benzene rings is 3. The second-order valence-electron chi connectivity index (χ2n) is 6.42. The highest BCUT2D eigenvalue weighted by molar-refractivity contribution is 7.93. The number of aromatic nitrogens is 1. The number of oxazole rings is 1. The van der Waals surface area contributed by atoms with Crippen molar-refractivity contribution in [1.29, 1.82) is 0 Å². The van der Waals surface area contributed by atoms with E-state index in [1.165, 1.54) is 0 Å². The van der Waals surface area contributed by atoms with Crippen molar-refractivity contribution in [3.8, 4) is 0 Å². The van der Waals surface area contributed by atoms with Gasteiger partial charge in [0.1, 0.15) is 6.54 Å². The minimum Gasteiger partial charge on any atom is -0.408 e. The number of fused-ring (bicyclic) bond motifs is 1. The van der Waals surface area contributed by atoms with Crippen molar-refractivity contribution < 1.29 is 17.6 Å². The van der Waals surface area contributed by atoms with Gasteiger partial charge in [-0.2, -0.15) is 0 Å². The van der Waals surface area contributed by atoms with Crippen molar-refractivity contribution in [3.05, 3.63) is 65.1 Å². The fraction of sp³-hybridized carbons (Fsp3) is 0.0526. The van der Waals surface area contributed by atoms with Gasteiger partial charge in [-0.25, -0.2) is 13.2 Å². The van der Waals surface area contributed by atoms with Gasteiger partial charge in [0.05, 0.1) is 16.1 Å². The Hall–Kier alpha value is -3.59. The zero-order chi connectivity index (χ0) is 19.5. The molecule has 0 fully saturated rings. The van der Waals surface area contributed by atoms with Crippen molar-refractivity contribution in [1.82, 2.24) is 4.98 Å². The van der Waals surface area contributed by atoms with Crippen LogP contribution in [0.4, 0.5) is 11.4 Å². The predicted molar refractivity (Wildman–Crippen MR) is 104 cm³/mol. The first-order valence-electron chi connectivity index (χ1n) is 8.41. The zero-order valence-electron chi connectivity index (χ0n) is 14.3. The Kier molecular flexibility index (Phi) is 3.37. The molecule has 1 amide bonds. The summed E-state index contributed by atoms with van der Waals surface area (Å²) in [5, 5.41) is 4.08. The van der Waals surface area contributed by atoms with E-state index < -0.39 is 21.7 Å². The van der Waals surface area contributed by atoms with E-state index in [0.29, 0.717) is 27.9 Å². The van der Waals surface area contributed by atoms with Gasteiger partial charge in [0.25, 0.3) is 10.0 Å². The summed E-state index contributed by atoms with van der Waals surface area (Å²) < 4.78 is 31.9. The summed E-state index contributed by atoms with van der Waals surface area (Å²) in [6.07, 6.45) is 0. The molecular formula is C19H13N3O5S. The van der Waals surface area contributed by atoms with Crippen LogP contribution >= 0.6 is 0 Å². The third-order valence-electron chi connectivity index (χ3n) is 4.67. The first-order chi connectivity index (χ1) is 13.4. The largest absolute Gasteiger partial charge is 0.417 e. The SMILES string of the molecule is O=C(CN1c2cccc3cccc(c23)S1(=O)=O)Nc1ccc2oc(=O)[nH]c2c1. The molecule has 0 spiro atoms. The van der Waals surface area contributed by atoms with Crippen molar-refractivity contribution in [2.45, 2.75) is 4.90 Å². The Balaban J connectivity index is 1.46. The molecule has 0 unspecified atom stereocenters. The van der Waals surface area contributed by atoms with E-state index in [0.717, 1.165) is 9.69 Å². The number of sulfonamides is 1. The van der Waals surface area contributed by atoms with E-state index in [1.807, 2.05) is 12.1 Å². The van der Waals surface area contributed by atoms with Gasteiger partial charge < -0.3 is 9.73 Å². The smallest absolute Gasteiger partial charge is 0.408 e. The van der Waals surface area contributed by atoms with Crippen LogP contribution < -0.4 is 15.4 Å². The van der Waals surface area contributed by atoms with Crippen LogP contribution in [0, 0.1) is 0 Å². The van der Waals surface area contributed by atoms with E-state index >= 15 is 0 Å². The van der Waals surface area contributed by atoms with Crippen LogP contribution in [-0.4, -0.2) is 25.9 Å². The number of carbonyl (C=O) groups is 1. The van der Waals surface area contributed by atoms with Crippen LogP contribution in [-0.2, 0) is 14.8 Å². The van der Waals surface area contributed by atoms with E-state index in [4.69, 9.17) is 4.42 Å². The molecule has 0 aliphatic carbocycles. The molecule has 2 heterocycles. The van der Waals surface area contributed by atoms with Gasteiger partial charge in [0.15, 0.2) is 5.58 Å². The number of carbonyl (C=O) groups excluding carboxylic acids is 1. The second-order valence-corrected chi connectivity index (χ2v) is 8.25. The van der Waals surface area contributed by atoms with Crippen LogP contribution in [0.3, 0.4) is 0 Å².